The topological polar surface area (TPSA) is 58.9 Å². The van der Waals surface area contributed by atoms with Crippen LogP contribution in [0.25, 0.3) is 0 Å². The van der Waals surface area contributed by atoms with E-state index in [9.17, 15) is 4.79 Å². The second kappa shape index (κ2) is 4.87. The maximum absolute atomic E-state index is 10.8. The second-order valence-electron chi connectivity index (χ2n) is 2.98. The van der Waals surface area contributed by atoms with Crippen LogP contribution in [-0.2, 0) is 9.53 Å². The molecular weight excluding hydrogens is 158 g/mol. The third kappa shape index (κ3) is 4.85. The van der Waals surface area contributed by atoms with Gasteiger partial charge in [-0.1, -0.05) is 0 Å². The Morgan fingerprint density at radius 1 is 1.67 bits per heavy atom. The summed E-state index contributed by atoms with van der Waals surface area (Å²) >= 11 is 0. The van der Waals surface area contributed by atoms with Crippen LogP contribution in [0.2, 0.25) is 0 Å². The van der Waals surface area contributed by atoms with Crippen LogP contribution in [0.15, 0.2) is 4.99 Å². The fourth-order valence-corrected chi connectivity index (χ4v) is 0.448. The van der Waals surface area contributed by atoms with Crippen molar-refractivity contribution in [1.29, 1.82) is 0 Å². The molecule has 0 aromatic carbocycles. The number of hydrogen-bond donors (Lipinski definition) is 1. The Balaban J connectivity index is 3.97. The number of carbonyl (C=O) groups is 1. The SMILES string of the molecule is CCOC(=O)/C=N/C(C)(C)CO. The second-order valence-corrected chi connectivity index (χ2v) is 2.98. The monoisotopic (exact) mass is 173 g/mol. The normalized spacial score (nSPS) is 12.0. The van der Waals surface area contributed by atoms with Gasteiger partial charge in [-0.25, -0.2) is 4.79 Å². The third-order valence-electron chi connectivity index (χ3n) is 1.19. The minimum absolute atomic E-state index is 0.0943. The van der Waals surface area contributed by atoms with Crippen molar-refractivity contribution < 1.29 is 14.6 Å². The molecule has 0 heterocycles. The number of rotatable bonds is 4. The predicted octanol–water partition coefficient (Wildman–Crippen LogP) is 0.391. The Morgan fingerprint density at radius 3 is 2.67 bits per heavy atom. The summed E-state index contributed by atoms with van der Waals surface area (Å²) in [6.07, 6.45) is 1.10. The van der Waals surface area contributed by atoms with E-state index >= 15 is 0 Å². The van der Waals surface area contributed by atoms with Crippen molar-refractivity contribution in [3.8, 4) is 0 Å². The molecule has 4 heteroatoms. The van der Waals surface area contributed by atoms with Crippen LogP contribution in [0.3, 0.4) is 0 Å². The summed E-state index contributed by atoms with van der Waals surface area (Å²) in [6.45, 7) is 5.42. The lowest BCUT2D eigenvalue weighted by atomic mass is 10.1. The summed E-state index contributed by atoms with van der Waals surface area (Å²) < 4.78 is 4.61. The third-order valence-corrected chi connectivity index (χ3v) is 1.19. The number of nitrogens with zero attached hydrogens (tertiary/aromatic N) is 1. The lowest BCUT2D eigenvalue weighted by Gasteiger charge is -2.14. The molecule has 0 unspecified atom stereocenters. The van der Waals surface area contributed by atoms with Crippen LogP contribution in [0.5, 0.6) is 0 Å². The first-order chi connectivity index (χ1) is 5.52. The fraction of sp³-hybridized carbons (Fsp3) is 0.750. The number of aliphatic hydroxyl groups excluding tert-OH is 1. The smallest absolute Gasteiger partial charge is 0.348 e. The predicted molar refractivity (Wildman–Crippen MR) is 46.3 cm³/mol. The molecule has 12 heavy (non-hydrogen) atoms. The molecule has 0 bridgehead atoms. The van der Waals surface area contributed by atoms with E-state index in [0.29, 0.717) is 6.61 Å². The zero-order valence-electron chi connectivity index (χ0n) is 7.70. The molecule has 0 saturated heterocycles. The van der Waals surface area contributed by atoms with E-state index in [4.69, 9.17) is 5.11 Å². The van der Waals surface area contributed by atoms with Gasteiger partial charge in [-0.2, -0.15) is 0 Å². The number of aliphatic hydroxyl groups is 1. The standard InChI is InChI=1S/C8H15NO3/c1-4-12-7(11)5-9-8(2,3)6-10/h5,10H,4,6H2,1-3H3/b9-5+. The number of esters is 1. The highest BCUT2D eigenvalue weighted by Crippen LogP contribution is 2.05. The lowest BCUT2D eigenvalue weighted by molar-refractivity contribution is -0.134. The van der Waals surface area contributed by atoms with E-state index in [1.165, 1.54) is 0 Å². The molecule has 0 aliphatic heterocycles. The van der Waals surface area contributed by atoms with Crippen LogP contribution in [0.1, 0.15) is 20.8 Å². The molecule has 4 nitrogen and oxygen atoms in total. The molecule has 0 saturated carbocycles. The molecule has 0 amide bonds. The highest BCUT2D eigenvalue weighted by Gasteiger charge is 2.13. The van der Waals surface area contributed by atoms with Gasteiger partial charge in [-0.3, -0.25) is 4.99 Å². The van der Waals surface area contributed by atoms with Gasteiger partial charge in [0.2, 0.25) is 0 Å². The molecule has 1 N–H and O–H groups in total. The Hall–Kier alpha value is -0.900. The molecule has 0 radical (unpaired) electrons. The Morgan fingerprint density at radius 2 is 2.25 bits per heavy atom. The summed E-state index contributed by atoms with van der Waals surface area (Å²) in [5.74, 6) is -0.473. The van der Waals surface area contributed by atoms with Crippen molar-refractivity contribution in [3.63, 3.8) is 0 Å². The average molecular weight is 173 g/mol. The molecule has 0 aromatic rings. The lowest BCUT2D eigenvalue weighted by Crippen LogP contribution is -2.23. The highest BCUT2D eigenvalue weighted by molar-refractivity contribution is 6.23. The molecular formula is C8H15NO3. The maximum Gasteiger partial charge on any atom is 0.348 e. The van der Waals surface area contributed by atoms with Gasteiger partial charge < -0.3 is 9.84 Å². The van der Waals surface area contributed by atoms with E-state index in [1.54, 1.807) is 20.8 Å². The average Bonchev–Trinajstić information content (AvgIpc) is 2.02. The quantitative estimate of drug-likeness (QED) is 0.494. The van der Waals surface area contributed by atoms with Crippen molar-refractivity contribution in [3.05, 3.63) is 0 Å². The van der Waals surface area contributed by atoms with Crippen molar-refractivity contribution in [2.75, 3.05) is 13.2 Å². The molecule has 0 rings (SSSR count). The van der Waals surface area contributed by atoms with Gasteiger partial charge in [0.1, 0.15) is 6.21 Å². The van der Waals surface area contributed by atoms with Crippen LogP contribution < -0.4 is 0 Å². The van der Waals surface area contributed by atoms with Crippen LogP contribution in [0.4, 0.5) is 0 Å². The molecule has 0 aromatic heterocycles. The largest absolute Gasteiger partial charge is 0.462 e. The minimum Gasteiger partial charge on any atom is -0.462 e. The molecule has 0 aliphatic carbocycles. The highest BCUT2D eigenvalue weighted by atomic mass is 16.5. The first-order valence-corrected chi connectivity index (χ1v) is 3.84. The van der Waals surface area contributed by atoms with Crippen molar-refractivity contribution in [2.24, 2.45) is 4.99 Å². The van der Waals surface area contributed by atoms with Gasteiger partial charge in [0, 0.05) is 0 Å². The van der Waals surface area contributed by atoms with Gasteiger partial charge in [0.05, 0.1) is 18.8 Å². The minimum atomic E-state index is -0.604. The zero-order chi connectivity index (χ0) is 9.61. The van der Waals surface area contributed by atoms with Gasteiger partial charge >= 0.3 is 5.97 Å². The van der Waals surface area contributed by atoms with Gasteiger partial charge in [-0.15, -0.1) is 0 Å². The number of hydrogen-bond acceptors (Lipinski definition) is 4. The van der Waals surface area contributed by atoms with Crippen molar-refractivity contribution in [2.45, 2.75) is 26.3 Å². The van der Waals surface area contributed by atoms with Crippen LogP contribution in [-0.4, -0.2) is 36.0 Å². The van der Waals surface area contributed by atoms with Crippen molar-refractivity contribution in [1.82, 2.24) is 0 Å². The van der Waals surface area contributed by atoms with Gasteiger partial charge in [-0.05, 0) is 20.8 Å². The Kier molecular flexibility index (Phi) is 4.51. The summed E-state index contributed by atoms with van der Waals surface area (Å²) in [6, 6.07) is 0. The first kappa shape index (κ1) is 11.1. The molecule has 0 aliphatic rings. The molecule has 0 spiro atoms. The molecule has 0 fully saturated rings. The number of carbonyl (C=O) groups excluding carboxylic acids is 1. The van der Waals surface area contributed by atoms with E-state index < -0.39 is 11.5 Å². The maximum atomic E-state index is 10.8. The summed E-state index contributed by atoms with van der Waals surface area (Å²) in [7, 11) is 0. The summed E-state index contributed by atoms with van der Waals surface area (Å²) in [4.78, 5) is 14.6. The first-order valence-electron chi connectivity index (χ1n) is 3.84. The van der Waals surface area contributed by atoms with E-state index in [0.717, 1.165) is 6.21 Å². The summed E-state index contributed by atoms with van der Waals surface area (Å²) in [5, 5.41) is 8.77. The molecule has 70 valence electrons. The van der Waals surface area contributed by atoms with Gasteiger partial charge in [0.15, 0.2) is 0 Å². The van der Waals surface area contributed by atoms with E-state index in [1.807, 2.05) is 0 Å². The zero-order valence-corrected chi connectivity index (χ0v) is 7.70. The number of ether oxygens (including phenoxy) is 1. The number of aliphatic imine (C=N–C) groups is 1. The van der Waals surface area contributed by atoms with E-state index in [-0.39, 0.29) is 6.61 Å². The van der Waals surface area contributed by atoms with Crippen LogP contribution >= 0.6 is 0 Å². The molecule has 0 atom stereocenters. The van der Waals surface area contributed by atoms with Gasteiger partial charge in [0.25, 0.3) is 0 Å². The van der Waals surface area contributed by atoms with Crippen molar-refractivity contribution >= 4 is 12.2 Å². The summed E-state index contributed by atoms with van der Waals surface area (Å²) in [5.41, 5.74) is -0.604. The van der Waals surface area contributed by atoms with E-state index in [2.05, 4.69) is 9.73 Å². The Bertz CT molecular complexity index is 175. The fourth-order valence-electron chi connectivity index (χ4n) is 0.448. The van der Waals surface area contributed by atoms with Crippen LogP contribution in [0, 0.1) is 0 Å². The Labute approximate surface area is 72.3 Å².